The van der Waals surface area contributed by atoms with E-state index in [4.69, 9.17) is 4.74 Å². The lowest BCUT2D eigenvalue weighted by Gasteiger charge is -2.39. The molecule has 3 heterocycles. The summed E-state index contributed by atoms with van der Waals surface area (Å²) in [7, 11) is 0. The van der Waals surface area contributed by atoms with Crippen molar-refractivity contribution in [3.63, 3.8) is 0 Å². The first-order valence-corrected chi connectivity index (χ1v) is 9.61. The lowest BCUT2D eigenvalue weighted by Crippen LogP contribution is -2.50. The molecule has 0 saturated heterocycles. The van der Waals surface area contributed by atoms with Gasteiger partial charge in [0.1, 0.15) is 22.7 Å². The number of aromatic nitrogens is 1. The highest BCUT2D eigenvalue weighted by Gasteiger charge is 2.42. The average molecular weight is 420 g/mol. The molecule has 150 valence electrons. The van der Waals surface area contributed by atoms with Gasteiger partial charge in [0, 0.05) is 18.0 Å². The van der Waals surface area contributed by atoms with Crippen molar-refractivity contribution in [1.82, 2.24) is 10.3 Å². The Hall–Kier alpha value is -3.07. The molecule has 2 aromatic heterocycles. The lowest BCUT2D eigenvalue weighted by atomic mass is 9.81. The molecule has 0 radical (unpaired) electrons. The fraction of sp³-hybridized carbons (Fsp3) is 0.200. The Bertz CT molecular complexity index is 1010. The normalized spacial score (nSPS) is 18.4. The molecule has 1 aliphatic heterocycles. The number of rotatable bonds is 4. The third-order valence-corrected chi connectivity index (χ3v) is 5.28. The van der Waals surface area contributed by atoms with Crippen LogP contribution in [0.15, 0.2) is 59.4 Å². The second-order valence-electron chi connectivity index (χ2n) is 6.39. The van der Waals surface area contributed by atoms with Gasteiger partial charge in [-0.2, -0.15) is 11.3 Å². The number of alkyl halides is 3. The molecule has 1 aliphatic rings. The van der Waals surface area contributed by atoms with E-state index < -0.39 is 11.9 Å². The highest BCUT2D eigenvalue weighted by molar-refractivity contribution is 7.08. The highest BCUT2D eigenvalue weighted by atomic mass is 32.1. The Morgan fingerprint density at radius 3 is 2.69 bits per heavy atom. The molecule has 3 aromatic rings. The predicted molar refractivity (Wildman–Crippen MR) is 100 cm³/mol. The summed E-state index contributed by atoms with van der Waals surface area (Å²) in [4.78, 5) is 17.3. The SMILES string of the molecule is O=C(NC1(c2ccc(OC(F)(F)F)cc2)CCOc2cccnc21)c1ccsc1. The van der Waals surface area contributed by atoms with E-state index in [9.17, 15) is 18.0 Å². The maximum atomic E-state index is 12.9. The molecule has 1 atom stereocenters. The monoisotopic (exact) mass is 420 g/mol. The van der Waals surface area contributed by atoms with Crippen LogP contribution in [0.3, 0.4) is 0 Å². The van der Waals surface area contributed by atoms with Crippen LogP contribution in [0.4, 0.5) is 13.2 Å². The van der Waals surface area contributed by atoms with E-state index in [0.29, 0.717) is 35.6 Å². The molecule has 0 bridgehead atoms. The van der Waals surface area contributed by atoms with Crippen molar-refractivity contribution in [3.8, 4) is 11.5 Å². The lowest BCUT2D eigenvalue weighted by molar-refractivity contribution is -0.274. The molecule has 0 spiro atoms. The summed E-state index contributed by atoms with van der Waals surface area (Å²) in [6, 6.07) is 10.6. The first kappa shape index (κ1) is 19.3. The van der Waals surface area contributed by atoms with E-state index >= 15 is 0 Å². The van der Waals surface area contributed by atoms with Gasteiger partial charge < -0.3 is 14.8 Å². The van der Waals surface area contributed by atoms with E-state index in [0.717, 1.165) is 0 Å². The first-order chi connectivity index (χ1) is 13.9. The Kier molecular flexibility index (Phi) is 4.91. The van der Waals surface area contributed by atoms with Crippen LogP contribution in [0.1, 0.15) is 28.0 Å². The second kappa shape index (κ2) is 7.40. The molecule has 29 heavy (non-hydrogen) atoms. The number of nitrogens with one attached hydrogen (secondary N) is 1. The summed E-state index contributed by atoms with van der Waals surface area (Å²) in [5.41, 5.74) is 0.526. The van der Waals surface area contributed by atoms with Crippen LogP contribution in [0.25, 0.3) is 0 Å². The van der Waals surface area contributed by atoms with E-state index in [1.54, 1.807) is 35.2 Å². The van der Waals surface area contributed by atoms with Crippen LogP contribution in [0.2, 0.25) is 0 Å². The number of pyridine rings is 1. The van der Waals surface area contributed by atoms with Crippen LogP contribution >= 0.6 is 11.3 Å². The number of halogens is 3. The number of carbonyl (C=O) groups is 1. The third-order valence-electron chi connectivity index (χ3n) is 4.60. The number of nitrogens with zero attached hydrogens (tertiary/aromatic N) is 1. The summed E-state index contributed by atoms with van der Waals surface area (Å²) >= 11 is 1.39. The molecule has 0 aliphatic carbocycles. The van der Waals surface area contributed by atoms with Gasteiger partial charge in [-0.3, -0.25) is 9.78 Å². The van der Waals surface area contributed by atoms with Crippen molar-refractivity contribution >= 4 is 17.2 Å². The van der Waals surface area contributed by atoms with E-state index in [1.807, 2.05) is 0 Å². The smallest absolute Gasteiger partial charge is 0.491 e. The first-order valence-electron chi connectivity index (χ1n) is 8.67. The number of hydrogen-bond donors (Lipinski definition) is 1. The molecule has 1 unspecified atom stereocenters. The number of thiophene rings is 1. The number of ether oxygens (including phenoxy) is 2. The quantitative estimate of drug-likeness (QED) is 0.675. The molecule has 1 N–H and O–H groups in total. The van der Waals surface area contributed by atoms with E-state index in [2.05, 4.69) is 15.0 Å². The van der Waals surface area contributed by atoms with Crippen LogP contribution in [0.5, 0.6) is 11.5 Å². The van der Waals surface area contributed by atoms with Crippen molar-refractivity contribution in [1.29, 1.82) is 0 Å². The zero-order chi connectivity index (χ0) is 20.5. The van der Waals surface area contributed by atoms with Gasteiger partial charge in [-0.15, -0.1) is 13.2 Å². The summed E-state index contributed by atoms with van der Waals surface area (Å²) in [5.74, 6) is -0.130. The third kappa shape index (κ3) is 3.91. The molecule has 9 heteroatoms. The van der Waals surface area contributed by atoms with Crippen molar-refractivity contribution in [2.45, 2.75) is 18.3 Å². The van der Waals surface area contributed by atoms with Gasteiger partial charge in [0.15, 0.2) is 0 Å². The minimum absolute atomic E-state index is 0.305. The number of hydrogen-bond acceptors (Lipinski definition) is 5. The van der Waals surface area contributed by atoms with Gasteiger partial charge in [0.05, 0.1) is 12.2 Å². The zero-order valence-corrected chi connectivity index (χ0v) is 15.7. The fourth-order valence-corrected chi connectivity index (χ4v) is 3.97. The maximum absolute atomic E-state index is 12.9. The van der Waals surface area contributed by atoms with E-state index in [1.165, 1.54) is 35.6 Å². The Morgan fingerprint density at radius 1 is 1.21 bits per heavy atom. The molecule has 1 aromatic carbocycles. The van der Waals surface area contributed by atoms with Gasteiger partial charge in [-0.1, -0.05) is 12.1 Å². The van der Waals surface area contributed by atoms with Crippen molar-refractivity contribution < 1.29 is 27.4 Å². The van der Waals surface area contributed by atoms with Crippen molar-refractivity contribution in [2.75, 3.05) is 6.61 Å². The van der Waals surface area contributed by atoms with Gasteiger partial charge in [-0.25, -0.2) is 0 Å². The molecular weight excluding hydrogens is 405 g/mol. The molecule has 0 saturated carbocycles. The largest absolute Gasteiger partial charge is 0.573 e. The number of amides is 1. The van der Waals surface area contributed by atoms with Crippen molar-refractivity contribution in [3.05, 3.63) is 76.2 Å². The second-order valence-corrected chi connectivity index (χ2v) is 7.17. The average Bonchev–Trinajstić information content (AvgIpc) is 3.22. The topological polar surface area (TPSA) is 60.5 Å². The zero-order valence-electron chi connectivity index (χ0n) is 14.9. The van der Waals surface area contributed by atoms with Crippen LogP contribution in [-0.2, 0) is 5.54 Å². The minimum Gasteiger partial charge on any atom is -0.491 e. The molecule has 4 rings (SSSR count). The summed E-state index contributed by atoms with van der Waals surface area (Å²) in [6.07, 6.45) is -2.83. The molecule has 1 amide bonds. The number of carbonyl (C=O) groups excluding carboxylic acids is 1. The highest BCUT2D eigenvalue weighted by Crippen LogP contribution is 2.41. The maximum Gasteiger partial charge on any atom is 0.573 e. The minimum atomic E-state index is -4.78. The van der Waals surface area contributed by atoms with Gasteiger partial charge in [0.25, 0.3) is 5.91 Å². The standard InChI is InChI=1S/C20H15F3N2O3S/c21-20(22,23)28-15-5-3-14(4-6-15)19(25-18(26)13-7-11-29-12-13)8-10-27-16-2-1-9-24-17(16)19/h1-7,9,11-12H,8,10H2,(H,25,26). The van der Waals surface area contributed by atoms with Crippen molar-refractivity contribution in [2.24, 2.45) is 0 Å². The van der Waals surface area contributed by atoms with Crippen LogP contribution < -0.4 is 14.8 Å². The Balaban J connectivity index is 1.77. The molecular formula is C20H15F3N2O3S. The number of fused-ring (bicyclic) bond motifs is 1. The summed E-state index contributed by atoms with van der Waals surface area (Å²) in [6.45, 7) is 0.309. The fourth-order valence-electron chi connectivity index (χ4n) is 3.34. The van der Waals surface area contributed by atoms with Crippen LogP contribution in [-0.4, -0.2) is 23.9 Å². The Labute approximate surface area is 168 Å². The van der Waals surface area contributed by atoms with E-state index in [-0.39, 0.29) is 11.7 Å². The number of benzene rings is 1. The van der Waals surface area contributed by atoms with Gasteiger partial charge >= 0.3 is 6.36 Å². The Morgan fingerprint density at radius 2 is 2.00 bits per heavy atom. The predicted octanol–water partition coefficient (Wildman–Crippen LogP) is 4.50. The molecule has 0 fully saturated rings. The van der Waals surface area contributed by atoms with Crippen LogP contribution in [0, 0.1) is 0 Å². The van der Waals surface area contributed by atoms with Gasteiger partial charge in [-0.05, 0) is 41.3 Å². The summed E-state index contributed by atoms with van der Waals surface area (Å²) in [5, 5.41) is 6.55. The summed E-state index contributed by atoms with van der Waals surface area (Å²) < 4.78 is 47.1. The van der Waals surface area contributed by atoms with Gasteiger partial charge in [0.2, 0.25) is 0 Å². The molecule has 5 nitrogen and oxygen atoms in total.